The first-order valence-electron chi connectivity index (χ1n) is 11.0. The number of rotatable bonds is 11. The molecule has 0 aromatic rings. The maximum atomic E-state index is 13.0. The van der Waals surface area contributed by atoms with Crippen LogP contribution < -0.4 is 0 Å². The van der Waals surface area contributed by atoms with Crippen LogP contribution in [0.4, 0.5) is 0 Å². The second-order valence-electron chi connectivity index (χ2n) is 8.67. The summed E-state index contributed by atoms with van der Waals surface area (Å²) >= 11 is 0. The molecule has 2 heterocycles. The fourth-order valence-corrected chi connectivity index (χ4v) is 3.90. The summed E-state index contributed by atoms with van der Waals surface area (Å²) in [6.07, 6.45) is 6.52. The highest BCUT2D eigenvalue weighted by Crippen LogP contribution is 2.40. The van der Waals surface area contributed by atoms with Crippen molar-refractivity contribution in [2.24, 2.45) is 29.6 Å². The maximum Gasteiger partial charge on any atom is 0.310 e. The van der Waals surface area contributed by atoms with Gasteiger partial charge >= 0.3 is 17.9 Å². The smallest absolute Gasteiger partial charge is 0.310 e. The van der Waals surface area contributed by atoms with Gasteiger partial charge in [0.1, 0.15) is 25.4 Å². The third-order valence-electron chi connectivity index (χ3n) is 6.14. The van der Waals surface area contributed by atoms with Gasteiger partial charge < -0.3 is 23.7 Å². The first-order valence-corrected chi connectivity index (χ1v) is 11.0. The summed E-state index contributed by atoms with van der Waals surface area (Å²) in [5.41, 5.74) is 0. The van der Waals surface area contributed by atoms with Crippen LogP contribution in [0.2, 0.25) is 0 Å². The van der Waals surface area contributed by atoms with Gasteiger partial charge in [0, 0.05) is 5.92 Å². The van der Waals surface area contributed by atoms with Crippen LogP contribution in [0, 0.1) is 29.6 Å². The molecule has 0 N–H and O–H groups in total. The minimum atomic E-state index is -0.782. The molecule has 30 heavy (non-hydrogen) atoms. The van der Waals surface area contributed by atoms with Gasteiger partial charge in [0.2, 0.25) is 0 Å². The quantitative estimate of drug-likeness (QED) is 0.214. The van der Waals surface area contributed by atoms with E-state index in [1.54, 1.807) is 0 Å². The fourth-order valence-electron chi connectivity index (χ4n) is 3.90. The van der Waals surface area contributed by atoms with Crippen LogP contribution in [0.15, 0.2) is 12.2 Å². The van der Waals surface area contributed by atoms with Gasteiger partial charge in [-0.15, -0.1) is 0 Å². The second-order valence-corrected chi connectivity index (χ2v) is 8.67. The molecule has 8 nitrogen and oxygen atoms in total. The number of hydrogen-bond donors (Lipinski definition) is 0. The zero-order valence-electron chi connectivity index (χ0n) is 17.3. The van der Waals surface area contributed by atoms with E-state index in [-0.39, 0.29) is 43.7 Å². The van der Waals surface area contributed by atoms with Gasteiger partial charge in [-0.2, -0.15) is 0 Å². The van der Waals surface area contributed by atoms with Crippen LogP contribution >= 0.6 is 0 Å². The number of epoxide rings is 2. The van der Waals surface area contributed by atoms with Crippen molar-refractivity contribution in [3.05, 3.63) is 12.2 Å². The number of ether oxygens (including phenoxy) is 5. The Balaban J connectivity index is 1.46. The summed E-state index contributed by atoms with van der Waals surface area (Å²) in [4.78, 5) is 38.4. The minimum absolute atomic E-state index is 0.00571. The first kappa shape index (κ1) is 21.3. The van der Waals surface area contributed by atoms with E-state index in [0.717, 1.165) is 12.8 Å². The summed E-state index contributed by atoms with van der Waals surface area (Å²) in [7, 11) is 0. The van der Waals surface area contributed by atoms with E-state index in [4.69, 9.17) is 23.7 Å². The molecule has 0 radical (unpaired) electrons. The van der Waals surface area contributed by atoms with E-state index in [2.05, 4.69) is 0 Å². The third-order valence-corrected chi connectivity index (χ3v) is 6.14. The Morgan fingerprint density at radius 3 is 1.93 bits per heavy atom. The molecule has 2 aliphatic carbocycles. The molecule has 6 atom stereocenters. The highest BCUT2D eigenvalue weighted by molar-refractivity contribution is 5.84. The average molecular weight is 422 g/mol. The van der Waals surface area contributed by atoms with Crippen molar-refractivity contribution in [2.75, 3.05) is 33.0 Å². The normalized spacial score (nSPS) is 34.2. The third kappa shape index (κ3) is 5.82. The van der Waals surface area contributed by atoms with E-state index in [9.17, 15) is 14.4 Å². The van der Waals surface area contributed by atoms with Gasteiger partial charge in [-0.1, -0.05) is 19.1 Å². The summed E-state index contributed by atoms with van der Waals surface area (Å²) < 4.78 is 26.4. The van der Waals surface area contributed by atoms with Crippen LogP contribution in [0.5, 0.6) is 0 Å². The van der Waals surface area contributed by atoms with Gasteiger partial charge in [0.25, 0.3) is 0 Å². The monoisotopic (exact) mass is 422 g/mol. The number of esters is 3. The largest absolute Gasteiger partial charge is 0.465 e. The Morgan fingerprint density at radius 1 is 0.833 bits per heavy atom. The lowest BCUT2D eigenvalue weighted by molar-refractivity contribution is -0.166. The molecular formula is C22H30O8. The molecule has 0 amide bonds. The lowest BCUT2D eigenvalue weighted by atomic mass is 9.68. The summed E-state index contributed by atoms with van der Waals surface area (Å²) in [5, 5.41) is 0. The van der Waals surface area contributed by atoms with Gasteiger partial charge in [0.15, 0.2) is 0 Å². The maximum absolute atomic E-state index is 13.0. The molecule has 0 aromatic carbocycles. The number of allylic oxidation sites excluding steroid dienone is 2. The van der Waals surface area contributed by atoms with E-state index >= 15 is 0 Å². The SMILES string of the molecule is CCC1C=CC(CC(=O)OCC2CO2)C(C(=O)OCC2CO2)C1C(=O)OCC1CC1. The Hall–Kier alpha value is -1.93. The van der Waals surface area contributed by atoms with Crippen molar-refractivity contribution in [2.45, 2.75) is 44.8 Å². The molecule has 0 bridgehead atoms. The molecule has 2 saturated heterocycles. The van der Waals surface area contributed by atoms with Gasteiger partial charge in [0.05, 0.1) is 38.1 Å². The summed E-state index contributed by atoms with van der Waals surface area (Å²) in [6, 6.07) is 0. The van der Waals surface area contributed by atoms with Crippen LogP contribution in [-0.2, 0) is 38.1 Å². The summed E-state index contributed by atoms with van der Waals surface area (Å²) in [6.45, 7) is 3.91. The average Bonchev–Trinajstić information content (AvgIpc) is 3.59. The summed E-state index contributed by atoms with van der Waals surface area (Å²) in [5.74, 6) is -2.92. The molecule has 8 heteroatoms. The zero-order valence-corrected chi connectivity index (χ0v) is 17.3. The molecule has 3 fully saturated rings. The van der Waals surface area contributed by atoms with Crippen molar-refractivity contribution in [1.29, 1.82) is 0 Å². The predicted molar refractivity (Wildman–Crippen MR) is 103 cm³/mol. The molecule has 0 spiro atoms. The van der Waals surface area contributed by atoms with Crippen molar-refractivity contribution in [3.8, 4) is 0 Å². The highest BCUT2D eigenvalue weighted by atomic mass is 16.6. The van der Waals surface area contributed by atoms with Crippen molar-refractivity contribution >= 4 is 17.9 Å². The lowest BCUT2D eigenvalue weighted by Crippen LogP contribution is -2.44. The van der Waals surface area contributed by atoms with Gasteiger partial charge in [-0.05, 0) is 31.1 Å². The molecule has 166 valence electrons. The topological polar surface area (TPSA) is 104 Å². The minimum Gasteiger partial charge on any atom is -0.465 e. The van der Waals surface area contributed by atoms with Crippen LogP contribution in [0.1, 0.15) is 32.6 Å². The molecule has 6 unspecified atom stereocenters. The van der Waals surface area contributed by atoms with Crippen molar-refractivity contribution in [3.63, 3.8) is 0 Å². The molecule has 0 aromatic heterocycles. The van der Waals surface area contributed by atoms with E-state index in [0.29, 0.717) is 32.2 Å². The molecule has 4 rings (SSSR count). The first-order chi connectivity index (χ1) is 14.5. The molecule has 4 aliphatic rings. The standard InChI is InChI=1S/C22H30O8/c1-2-14-5-6-15(7-18(23)28-11-16-9-26-16)20(22(25)30-12-17-10-27-17)19(14)21(24)29-8-13-3-4-13/h5-6,13-17,19-20H,2-4,7-12H2,1H3. The number of carbonyl (C=O) groups is 3. The molecule has 1 saturated carbocycles. The fraction of sp³-hybridized carbons (Fsp3) is 0.773. The van der Waals surface area contributed by atoms with Crippen LogP contribution in [0.25, 0.3) is 0 Å². The second kappa shape index (κ2) is 9.47. The van der Waals surface area contributed by atoms with Crippen LogP contribution in [-0.4, -0.2) is 63.2 Å². The van der Waals surface area contributed by atoms with Crippen LogP contribution in [0.3, 0.4) is 0 Å². The Labute approximate surface area is 176 Å². The predicted octanol–water partition coefficient (Wildman–Crippen LogP) is 1.66. The Morgan fingerprint density at radius 2 is 1.37 bits per heavy atom. The molecule has 2 aliphatic heterocycles. The van der Waals surface area contributed by atoms with Crippen molar-refractivity contribution in [1.82, 2.24) is 0 Å². The van der Waals surface area contributed by atoms with Gasteiger partial charge in [-0.25, -0.2) is 0 Å². The number of hydrogen-bond acceptors (Lipinski definition) is 8. The number of carbonyl (C=O) groups excluding carboxylic acids is 3. The van der Waals surface area contributed by atoms with Gasteiger partial charge in [-0.3, -0.25) is 14.4 Å². The lowest BCUT2D eigenvalue weighted by Gasteiger charge is -2.36. The van der Waals surface area contributed by atoms with E-state index < -0.39 is 29.7 Å². The zero-order chi connectivity index (χ0) is 21.1. The van der Waals surface area contributed by atoms with E-state index in [1.165, 1.54) is 0 Å². The Kier molecular flexibility index (Phi) is 6.73. The van der Waals surface area contributed by atoms with Crippen molar-refractivity contribution < 1.29 is 38.1 Å². The van der Waals surface area contributed by atoms with E-state index in [1.807, 2.05) is 19.1 Å². The highest BCUT2D eigenvalue weighted by Gasteiger charge is 2.47. The molecular weight excluding hydrogens is 392 g/mol. The Bertz CT molecular complexity index is 677.